The van der Waals surface area contributed by atoms with Crippen LogP contribution in [0.15, 0.2) is 42.6 Å². The number of anilines is 1. The molecule has 0 radical (unpaired) electrons. The molecule has 1 atom stereocenters. The quantitative estimate of drug-likeness (QED) is 0.319. The van der Waals surface area contributed by atoms with E-state index in [1.165, 1.54) is 19.2 Å². The predicted octanol–water partition coefficient (Wildman–Crippen LogP) is 5.26. The van der Waals surface area contributed by atoms with Gasteiger partial charge in [-0.1, -0.05) is 18.6 Å². The van der Waals surface area contributed by atoms with E-state index in [4.69, 9.17) is 4.74 Å². The summed E-state index contributed by atoms with van der Waals surface area (Å²) in [6, 6.07) is 8.18. The number of fused-ring (bicyclic) bond motifs is 1. The second-order valence-electron chi connectivity index (χ2n) is 9.29. The molecular weight excluding hydrogens is 501 g/mol. The molecule has 38 heavy (non-hydrogen) atoms. The van der Waals surface area contributed by atoms with Gasteiger partial charge in [-0.25, -0.2) is 19.7 Å². The highest BCUT2D eigenvalue weighted by atomic mass is 19.4. The van der Waals surface area contributed by atoms with Gasteiger partial charge in [0.05, 0.1) is 12.7 Å². The number of imidazole rings is 1. The van der Waals surface area contributed by atoms with Gasteiger partial charge in [-0.15, -0.1) is 0 Å². The largest absolute Gasteiger partial charge is 0.497 e. The van der Waals surface area contributed by atoms with Gasteiger partial charge in [0.25, 0.3) is 0 Å². The Morgan fingerprint density at radius 3 is 2.53 bits per heavy atom. The number of aromatic carboxylic acids is 1. The molecule has 9 nitrogen and oxygen atoms in total. The molecule has 0 amide bonds. The van der Waals surface area contributed by atoms with E-state index < -0.39 is 23.5 Å². The average molecular weight is 527 g/mol. The fourth-order valence-corrected chi connectivity index (χ4v) is 4.50. The molecule has 0 unspecified atom stereocenters. The van der Waals surface area contributed by atoms with E-state index in [9.17, 15) is 23.1 Å². The number of pyridine rings is 1. The van der Waals surface area contributed by atoms with E-state index in [0.717, 1.165) is 31.4 Å². The summed E-state index contributed by atoms with van der Waals surface area (Å²) in [5.41, 5.74) is 0.802. The Kier molecular flexibility index (Phi) is 6.64. The minimum atomic E-state index is -4.45. The lowest BCUT2D eigenvalue weighted by Gasteiger charge is -2.32. The lowest BCUT2D eigenvalue weighted by Crippen LogP contribution is -2.31. The van der Waals surface area contributed by atoms with Crippen LogP contribution in [0.2, 0.25) is 0 Å². The first kappa shape index (κ1) is 25.4. The van der Waals surface area contributed by atoms with Gasteiger partial charge in [0.1, 0.15) is 17.0 Å². The van der Waals surface area contributed by atoms with Crippen LogP contribution < -0.4 is 10.1 Å². The number of carbonyl (C=O) groups is 1. The second-order valence-corrected chi connectivity index (χ2v) is 9.29. The number of benzene rings is 1. The van der Waals surface area contributed by atoms with E-state index in [1.54, 1.807) is 22.9 Å². The van der Waals surface area contributed by atoms with Gasteiger partial charge in [-0.3, -0.25) is 4.98 Å². The molecule has 1 aliphatic rings. The molecule has 4 aromatic rings. The molecule has 1 fully saturated rings. The van der Waals surface area contributed by atoms with Crippen LogP contribution in [-0.2, 0) is 12.7 Å². The average Bonchev–Trinajstić information content (AvgIpc) is 3.21. The van der Waals surface area contributed by atoms with Gasteiger partial charge in [-0.05, 0) is 49.4 Å². The normalized spacial score (nSPS) is 14.8. The van der Waals surface area contributed by atoms with E-state index in [1.807, 2.05) is 6.92 Å². The number of carboxylic acids is 1. The van der Waals surface area contributed by atoms with Crippen LogP contribution in [0.25, 0.3) is 22.7 Å². The van der Waals surface area contributed by atoms with Crippen molar-refractivity contribution in [3.05, 3.63) is 59.5 Å². The summed E-state index contributed by atoms with van der Waals surface area (Å²) in [4.78, 5) is 29.3. The Morgan fingerprint density at radius 2 is 1.92 bits per heavy atom. The SMILES string of the molecule is COc1ccnc(-c2nc3nc(C(=O)O)nc(N[C@H](C)C4CCC4)c3n2Cc2ccc(C(F)(F)F)cc2)c1. The zero-order chi connectivity index (χ0) is 27.0. The molecule has 3 aromatic heterocycles. The van der Waals surface area contributed by atoms with Gasteiger partial charge < -0.3 is 19.7 Å². The Hall–Kier alpha value is -4.22. The minimum Gasteiger partial charge on any atom is -0.497 e. The third-order valence-electron chi connectivity index (χ3n) is 6.83. The smallest absolute Gasteiger partial charge is 0.416 e. The highest BCUT2D eigenvalue weighted by molar-refractivity contribution is 5.92. The fourth-order valence-electron chi connectivity index (χ4n) is 4.50. The van der Waals surface area contributed by atoms with Crippen LogP contribution >= 0.6 is 0 Å². The molecule has 5 rings (SSSR count). The number of carboxylic acid groups (broad SMARTS) is 1. The number of ether oxygens (including phenoxy) is 1. The first-order valence-corrected chi connectivity index (χ1v) is 12.1. The summed E-state index contributed by atoms with van der Waals surface area (Å²) in [7, 11) is 1.51. The minimum absolute atomic E-state index is 0.0105. The Bertz CT molecular complexity index is 1480. The maximum absolute atomic E-state index is 13.1. The number of nitrogens with one attached hydrogen (secondary N) is 1. The third-order valence-corrected chi connectivity index (χ3v) is 6.83. The van der Waals surface area contributed by atoms with Gasteiger partial charge in [0.2, 0.25) is 5.82 Å². The topological polar surface area (TPSA) is 115 Å². The van der Waals surface area contributed by atoms with Crippen LogP contribution in [0.4, 0.5) is 19.0 Å². The standard InChI is InChI=1S/C26H25F3N6O3/c1-14(16-4-3-5-16)31-21-20-22(33-23(32-21)25(36)37)34-24(19-12-18(38-2)10-11-30-19)35(20)13-15-6-8-17(9-7-15)26(27,28)29/h6-12,14,16H,3-5,13H2,1-2H3,(H,36,37)(H,31,32,33)/t14-/m1/s1. The molecule has 1 aromatic carbocycles. The van der Waals surface area contributed by atoms with E-state index in [-0.39, 0.29) is 18.2 Å². The summed E-state index contributed by atoms with van der Waals surface area (Å²) < 4.78 is 46.5. The summed E-state index contributed by atoms with van der Waals surface area (Å²) in [6.45, 7) is 2.13. The number of methoxy groups -OCH3 is 1. The highest BCUT2D eigenvalue weighted by Crippen LogP contribution is 2.34. The number of halogens is 3. The van der Waals surface area contributed by atoms with E-state index in [2.05, 4.69) is 25.3 Å². The van der Waals surface area contributed by atoms with Crippen molar-refractivity contribution < 1.29 is 27.8 Å². The second kappa shape index (κ2) is 9.92. The molecular formula is C26H25F3N6O3. The lowest BCUT2D eigenvalue weighted by atomic mass is 9.80. The Morgan fingerprint density at radius 1 is 1.18 bits per heavy atom. The number of hydrogen-bond acceptors (Lipinski definition) is 7. The molecule has 0 saturated heterocycles. The molecule has 1 aliphatic carbocycles. The number of aromatic nitrogens is 5. The van der Waals surface area contributed by atoms with Crippen molar-refractivity contribution >= 4 is 23.0 Å². The van der Waals surface area contributed by atoms with Gasteiger partial charge in [0.15, 0.2) is 17.3 Å². The molecule has 0 bridgehead atoms. The maximum atomic E-state index is 13.1. The van der Waals surface area contributed by atoms with Crippen LogP contribution in [0, 0.1) is 5.92 Å². The van der Waals surface area contributed by atoms with Crippen LogP contribution in [0.1, 0.15) is 47.9 Å². The molecule has 0 aliphatic heterocycles. The number of hydrogen-bond donors (Lipinski definition) is 2. The Labute approximate surface area is 215 Å². The zero-order valence-electron chi connectivity index (χ0n) is 20.7. The summed E-state index contributed by atoms with van der Waals surface area (Å²) in [5.74, 6) is -0.137. The molecule has 3 heterocycles. The monoisotopic (exact) mass is 526 g/mol. The first-order valence-electron chi connectivity index (χ1n) is 12.1. The van der Waals surface area contributed by atoms with Crippen molar-refractivity contribution in [2.75, 3.05) is 12.4 Å². The number of nitrogens with zero attached hydrogens (tertiary/aromatic N) is 5. The fraction of sp³-hybridized carbons (Fsp3) is 0.346. The maximum Gasteiger partial charge on any atom is 0.416 e. The number of rotatable bonds is 8. The van der Waals surface area contributed by atoms with E-state index in [0.29, 0.717) is 40.1 Å². The Balaban J connectivity index is 1.68. The van der Waals surface area contributed by atoms with Crippen molar-refractivity contribution in [3.8, 4) is 17.3 Å². The van der Waals surface area contributed by atoms with Crippen molar-refractivity contribution in [3.63, 3.8) is 0 Å². The molecule has 2 N–H and O–H groups in total. The van der Waals surface area contributed by atoms with Crippen molar-refractivity contribution in [1.29, 1.82) is 0 Å². The highest BCUT2D eigenvalue weighted by Gasteiger charge is 2.30. The van der Waals surface area contributed by atoms with Crippen LogP contribution in [0.5, 0.6) is 5.75 Å². The van der Waals surface area contributed by atoms with Crippen molar-refractivity contribution in [2.45, 2.75) is 44.9 Å². The first-order chi connectivity index (χ1) is 18.1. The number of alkyl halides is 3. The summed E-state index contributed by atoms with van der Waals surface area (Å²) in [6.07, 6.45) is 0.331. The lowest BCUT2D eigenvalue weighted by molar-refractivity contribution is -0.137. The zero-order valence-corrected chi connectivity index (χ0v) is 20.7. The summed E-state index contributed by atoms with van der Waals surface area (Å²) >= 11 is 0. The van der Waals surface area contributed by atoms with Crippen molar-refractivity contribution in [1.82, 2.24) is 24.5 Å². The van der Waals surface area contributed by atoms with Crippen molar-refractivity contribution in [2.24, 2.45) is 5.92 Å². The molecule has 1 saturated carbocycles. The van der Waals surface area contributed by atoms with Gasteiger partial charge in [-0.2, -0.15) is 13.2 Å². The molecule has 198 valence electrons. The summed E-state index contributed by atoms with van der Waals surface area (Å²) in [5, 5.41) is 13.0. The predicted molar refractivity (Wildman–Crippen MR) is 133 cm³/mol. The van der Waals surface area contributed by atoms with Gasteiger partial charge in [0, 0.05) is 24.8 Å². The third kappa shape index (κ3) is 4.98. The molecule has 12 heteroatoms. The van der Waals surface area contributed by atoms with Crippen LogP contribution in [-0.4, -0.2) is 48.7 Å². The van der Waals surface area contributed by atoms with Gasteiger partial charge >= 0.3 is 12.1 Å². The van der Waals surface area contributed by atoms with E-state index >= 15 is 0 Å². The van der Waals surface area contributed by atoms with Crippen LogP contribution in [0.3, 0.4) is 0 Å². The molecule has 0 spiro atoms.